The molecular formula is C57H102N2O5. The van der Waals surface area contributed by atoms with Gasteiger partial charge in [-0.3, -0.25) is 9.59 Å². The summed E-state index contributed by atoms with van der Waals surface area (Å²) in [5.41, 5.74) is 0. The van der Waals surface area contributed by atoms with E-state index in [4.69, 9.17) is 9.47 Å². The Labute approximate surface area is 396 Å². The number of nitrogens with one attached hydrogen (secondary N) is 1. The minimum Gasteiger partial charge on any atom is -0.466 e. The summed E-state index contributed by atoms with van der Waals surface area (Å²) in [7, 11) is 3.96. The van der Waals surface area contributed by atoms with Crippen LogP contribution in [0.15, 0.2) is 60.8 Å². The molecule has 0 bridgehead atoms. The molecule has 7 nitrogen and oxygen atoms in total. The lowest BCUT2D eigenvalue weighted by Gasteiger charge is -2.23. The molecule has 0 spiro atoms. The third-order valence-corrected chi connectivity index (χ3v) is 11.7. The summed E-state index contributed by atoms with van der Waals surface area (Å²) in [6, 6.07) is -0.871. The fourth-order valence-electron chi connectivity index (χ4n) is 7.58. The van der Waals surface area contributed by atoms with E-state index in [1.807, 2.05) is 19.0 Å². The van der Waals surface area contributed by atoms with Gasteiger partial charge in [-0.2, -0.15) is 0 Å². The van der Waals surface area contributed by atoms with E-state index in [9.17, 15) is 14.4 Å². The van der Waals surface area contributed by atoms with Crippen LogP contribution in [0.5, 0.6) is 0 Å². The second kappa shape index (κ2) is 49.5. The number of rotatable bonds is 47. The van der Waals surface area contributed by atoms with Crippen molar-refractivity contribution in [2.24, 2.45) is 0 Å². The van der Waals surface area contributed by atoms with Crippen LogP contribution in [-0.4, -0.2) is 62.1 Å². The number of hydrogen-bond acceptors (Lipinski definition) is 6. The van der Waals surface area contributed by atoms with Gasteiger partial charge in [-0.1, -0.05) is 171 Å². The van der Waals surface area contributed by atoms with Gasteiger partial charge >= 0.3 is 11.9 Å². The fourth-order valence-corrected chi connectivity index (χ4v) is 7.58. The molecule has 0 radical (unpaired) electrons. The lowest BCUT2D eigenvalue weighted by atomic mass is 10.0. The monoisotopic (exact) mass is 895 g/mol. The van der Waals surface area contributed by atoms with E-state index in [1.165, 1.54) is 116 Å². The molecule has 370 valence electrons. The van der Waals surface area contributed by atoms with Crippen LogP contribution in [0.4, 0.5) is 0 Å². The molecule has 2 unspecified atom stereocenters. The quantitative estimate of drug-likeness (QED) is 0.0372. The van der Waals surface area contributed by atoms with Crippen LogP contribution in [0.1, 0.15) is 245 Å². The molecular weight excluding hydrogens is 793 g/mol. The van der Waals surface area contributed by atoms with E-state index in [-0.39, 0.29) is 30.8 Å². The smallest absolute Gasteiger partial charge is 0.328 e. The zero-order valence-corrected chi connectivity index (χ0v) is 42.6. The topological polar surface area (TPSA) is 84.9 Å². The van der Waals surface area contributed by atoms with Crippen LogP contribution in [0.25, 0.3) is 0 Å². The molecule has 0 aromatic rings. The van der Waals surface area contributed by atoms with E-state index in [1.54, 1.807) is 0 Å². The van der Waals surface area contributed by atoms with E-state index in [2.05, 4.69) is 86.8 Å². The molecule has 0 aromatic heterocycles. The number of carbonyl (C=O) groups excluding carboxylic acids is 3. The Morgan fingerprint density at radius 2 is 0.906 bits per heavy atom. The number of allylic oxidation sites excluding steroid dienone is 10. The Bertz CT molecular complexity index is 1200. The molecule has 1 N–H and O–H groups in total. The standard InChI is InChI=1S/C57H102N2O5/c1-6-9-12-15-18-20-22-24-26-28-30-32-34-37-40-43-47-53(46-42-39-36-17-14-11-8-3)64-57(62)54(58-55(60)48-45-51-59(4)5)49-50-56(61)63-52-44-41-38-35-33-31-29-27-25-23-21-19-16-13-10-7-2/h18-21,24-27,36,39,53-54H,6-17,22-23,28-35,37-38,40-52H2,1-5H3,(H,58,60)/b20-18-,21-19-,26-24-,27-25-,39-36-. The maximum Gasteiger partial charge on any atom is 0.328 e. The average molecular weight is 895 g/mol. The van der Waals surface area contributed by atoms with Gasteiger partial charge in [0, 0.05) is 12.8 Å². The Balaban J connectivity index is 4.88. The van der Waals surface area contributed by atoms with Crippen LogP contribution in [0.2, 0.25) is 0 Å². The molecule has 2 atom stereocenters. The highest BCUT2D eigenvalue weighted by atomic mass is 16.5. The predicted molar refractivity (Wildman–Crippen MR) is 276 cm³/mol. The minimum absolute atomic E-state index is 0.0665. The van der Waals surface area contributed by atoms with Crippen molar-refractivity contribution >= 4 is 17.8 Å². The first-order chi connectivity index (χ1) is 31.3. The van der Waals surface area contributed by atoms with Crippen molar-refractivity contribution in [1.29, 1.82) is 0 Å². The lowest BCUT2D eigenvalue weighted by molar-refractivity contribution is -0.154. The molecule has 0 aliphatic rings. The highest BCUT2D eigenvalue weighted by Gasteiger charge is 2.26. The number of amides is 1. The summed E-state index contributed by atoms with van der Waals surface area (Å²) in [6.45, 7) is 7.89. The zero-order chi connectivity index (χ0) is 46.8. The average Bonchev–Trinajstić information content (AvgIpc) is 3.28. The molecule has 7 heteroatoms. The van der Waals surface area contributed by atoms with Gasteiger partial charge in [0.25, 0.3) is 0 Å². The van der Waals surface area contributed by atoms with E-state index < -0.39 is 12.0 Å². The van der Waals surface area contributed by atoms with E-state index in [0.717, 1.165) is 90.0 Å². The highest BCUT2D eigenvalue weighted by molar-refractivity contribution is 5.85. The first kappa shape index (κ1) is 61.1. The summed E-state index contributed by atoms with van der Waals surface area (Å²) in [4.78, 5) is 41.6. The maximum absolute atomic E-state index is 13.8. The van der Waals surface area contributed by atoms with Gasteiger partial charge in [0.15, 0.2) is 0 Å². The molecule has 0 aliphatic carbocycles. The first-order valence-electron chi connectivity index (χ1n) is 26.9. The summed E-state index contributed by atoms with van der Waals surface area (Å²) in [5, 5.41) is 2.93. The Morgan fingerprint density at radius 3 is 1.41 bits per heavy atom. The predicted octanol–water partition coefficient (Wildman–Crippen LogP) is 16.0. The lowest BCUT2D eigenvalue weighted by Crippen LogP contribution is -2.43. The molecule has 0 rings (SSSR count). The van der Waals surface area contributed by atoms with Gasteiger partial charge in [-0.05, 0) is 143 Å². The van der Waals surface area contributed by atoms with Crippen LogP contribution < -0.4 is 5.32 Å². The highest BCUT2D eigenvalue weighted by Crippen LogP contribution is 2.18. The van der Waals surface area contributed by atoms with Crippen molar-refractivity contribution in [1.82, 2.24) is 10.2 Å². The Kier molecular flexibility index (Phi) is 47.2. The van der Waals surface area contributed by atoms with Crippen molar-refractivity contribution in [3.8, 4) is 0 Å². The number of nitrogens with zero attached hydrogens (tertiary/aromatic N) is 1. The molecule has 0 fully saturated rings. The number of ether oxygens (including phenoxy) is 2. The fraction of sp³-hybridized carbons (Fsp3) is 0.772. The normalized spacial score (nSPS) is 13.1. The Morgan fingerprint density at radius 1 is 0.469 bits per heavy atom. The van der Waals surface area contributed by atoms with Crippen molar-refractivity contribution in [2.45, 2.75) is 258 Å². The van der Waals surface area contributed by atoms with Crippen molar-refractivity contribution < 1.29 is 23.9 Å². The summed E-state index contributed by atoms with van der Waals surface area (Å²) >= 11 is 0. The van der Waals surface area contributed by atoms with Gasteiger partial charge < -0.3 is 19.7 Å². The van der Waals surface area contributed by atoms with E-state index in [0.29, 0.717) is 19.4 Å². The number of hydrogen-bond donors (Lipinski definition) is 1. The van der Waals surface area contributed by atoms with Gasteiger partial charge in [-0.15, -0.1) is 0 Å². The summed E-state index contributed by atoms with van der Waals surface area (Å²) < 4.78 is 11.8. The molecule has 0 aliphatic heterocycles. The van der Waals surface area contributed by atoms with Crippen LogP contribution in [0.3, 0.4) is 0 Å². The second-order valence-electron chi connectivity index (χ2n) is 18.3. The molecule has 0 saturated carbocycles. The third kappa shape index (κ3) is 45.6. The number of carbonyl (C=O) groups is 3. The van der Waals surface area contributed by atoms with E-state index >= 15 is 0 Å². The van der Waals surface area contributed by atoms with Crippen molar-refractivity contribution in [3.63, 3.8) is 0 Å². The Hall–Kier alpha value is -2.93. The maximum atomic E-state index is 13.8. The summed E-state index contributed by atoms with van der Waals surface area (Å²) in [6.07, 6.45) is 59.3. The van der Waals surface area contributed by atoms with Crippen LogP contribution in [-0.2, 0) is 23.9 Å². The zero-order valence-electron chi connectivity index (χ0n) is 42.6. The van der Waals surface area contributed by atoms with Gasteiger partial charge in [0.05, 0.1) is 6.61 Å². The third-order valence-electron chi connectivity index (χ3n) is 11.7. The van der Waals surface area contributed by atoms with Gasteiger partial charge in [0.2, 0.25) is 5.91 Å². The molecule has 1 amide bonds. The van der Waals surface area contributed by atoms with Gasteiger partial charge in [0.1, 0.15) is 12.1 Å². The largest absolute Gasteiger partial charge is 0.466 e. The first-order valence-corrected chi connectivity index (χ1v) is 26.9. The van der Waals surface area contributed by atoms with Crippen LogP contribution >= 0.6 is 0 Å². The SMILES string of the molecule is CCCCC/C=C\C/C=C\CCCCCCCCOC(=O)CCC(NC(=O)CCCN(C)C)C(=O)OC(CC/C=C\CCCCC)CCCCCCCC/C=C\C/C=C\CCCCC. The molecule has 0 heterocycles. The minimum atomic E-state index is -0.871. The summed E-state index contributed by atoms with van der Waals surface area (Å²) in [5.74, 6) is -0.945. The van der Waals surface area contributed by atoms with Crippen molar-refractivity contribution in [3.05, 3.63) is 60.8 Å². The second-order valence-corrected chi connectivity index (χ2v) is 18.3. The number of esters is 2. The van der Waals surface area contributed by atoms with Crippen molar-refractivity contribution in [2.75, 3.05) is 27.2 Å². The van der Waals surface area contributed by atoms with Crippen LogP contribution in [0, 0.1) is 0 Å². The molecule has 0 saturated heterocycles. The molecule has 64 heavy (non-hydrogen) atoms. The number of unbranched alkanes of at least 4 members (excludes halogenated alkanes) is 21. The molecule has 0 aromatic carbocycles. The van der Waals surface area contributed by atoms with Gasteiger partial charge in [-0.25, -0.2) is 4.79 Å².